The minimum absolute atomic E-state index is 0.0984. The van der Waals surface area contributed by atoms with Crippen LogP contribution in [0.15, 0.2) is 79.0 Å². The standard InChI is InChI=1S/C23H20N2OS/c1-23(2,21-13-7-8-14-24-21)25-22(26)18-11-5-4-10-17(18)20-15-16-9-3-6-12-19(16)27-20/h3-15H,1-2H3,(H,25,26). The molecule has 0 saturated carbocycles. The SMILES string of the molecule is CC(C)(NC(=O)c1ccccc1-c1cc2ccccc2s1)c1ccccn1. The molecule has 0 aliphatic rings. The number of nitrogens with one attached hydrogen (secondary N) is 1. The number of rotatable bonds is 4. The summed E-state index contributed by atoms with van der Waals surface area (Å²) in [6.07, 6.45) is 1.74. The Morgan fingerprint density at radius 1 is 0.963 bits per heavy atom. The molecule has 0 spiro atoms. The van der Waals surface area contributed by atoms with E-state index in [2.05, 4.69) is 28.5 Å². The van der Waals surface area contributed by atoms with Gasteiger partial charge in [-0.25, -0.2) is 0 Å². The summed E-state index contributed by atoms with van der Waals surface area (Å²) in [4.78, 5) is 18.6. The maximum absolute atomic E-state index is 13.1. The molecule has 27 heavy (non-hydrogen) atoms. The highest BCUT2D eigenvalue weighted by molar-refractivity contribution is 7.22. The van der Waals surface area contributed by atoms with Gasteiger partial charge in [0.25, 0.3) is 5.91 Å². The number of aromatic nitrogens is 1. The van der Waals surface area contributed by atoms with Crippen molar-refractivity contribution in [1.29, 1.82) is 0 Å². The van der Waals surface area contributed by atoms with Crippen molar-refractivity contribution in [2.24, 2.45) is 0 Å². The first-order chi connectivity index (χ1) is 13.0. The largest absolute Gasteiger partial charge is 0.341 e. The smallest absolute Gasteiger partial charge is 0.252 e. The maximum Gasteiger partial charge on any atom is 0.252 e. The van der Waals surface area contributed by atoms with Gasteiger partial charge in [-0.15, -0.1) is 11.3 Å². The lowest BCUT2D eigenvalue weighted by molar-refractivity contribution is 0.0911. The summed E-state index contributed by atoms with van der Waals surface area (Å²) < 4.78 is 1.22. The Balaban J connectivity index is 1.69. The molecular formula is C23H20N2OS. The van der Waals surface area contributed by atoms with Crippen LogP contribution in [-0.4, -0.2) is 10.9 Å². The third-order valence-corrected chi connectivity index (χ3v) is 5.74. The van der Waals surface area contributed by atoms with Gasteiger partial charge in [0.1, 0.15) is 0 Å². The van der Waals surface area contributed by atoms with Crippen molar-refractivity contribution >= 4 is 27.3 Å². The Morgan fingerprint density at radius 3 is 2.48 bits per heavy atom. The fourth-order valence-electron chi connectivity index (χ4n) is 3.16. The van der Waals surface area contributed by atoms with Crippen LogP contribution in [0.5, 0.6) is 0 Å². The summed E-state index contributed by atoms with van der Waals surface area (Å²) >= 11 is 1.70. The highest BCUT2D eigenvalue weighted by atomic mass is 32.1. The van der Waals surface area contributed by atoms with Gasteiger partial charge in [-0.2, -0.15) is 0 Å². The van der Waals surface area contributed by atoms with E-state index in [4.69, 9.17) is 0 Å². The highest BCUT2D eigenvalue weighted by Gasteiger charge is 2.26. The van der Waals surface area contributed by atoms with Crippen molar-refractivity contribution in [3.63, 3.8) is 0 Å². The minimum atomic E-state index is -0.564. The summed E-state index contributed by atoms with van der Waals surface area (Å²) in [5.41, 5.74) is 1.89. The molecule has 0 unspecified atom stereocenters. The molecule has 3 nitrogen and oxygen atoms in total. The lowest BCUT2D eigenvalue weighted by Gasteiger charge is -2.26. The second kappa shape index (κ2) is 6.97. The van der Waals surface area contributed by atoms with Crippen LogP contribution in [0, 0.1) is 0 Å². The first-order valence-corrected chi connectivity index (χ1v) is 9.68. The number of benzene rings is 2. The second-order valence-electron chi connectivity index (χ2n) is 6.99. The third kappa shape index (κ3) is 3.49. The van der Waals surface area contributed by atoms with Crippen LogP contribution in [0.25, 0.3) is 20.5 Å². The van der Waals surface area contributed by atoms with E-state index in [1.54, 1.807) is 17.5 Å². The summed E-state index contributed by atoms with van der Waals surface area (Å²) in [6.45, 7) is 3.94. The Bertz CT molecular complexity index is 1070. The molecule has 0 fully saturated rings. The third-order valence-electron chi connectivity index (χ3n) is 4.59. The number of carbonyl (C=O) groups is 1. The summed E-state index contributed by atoms with van der Waals surface area (Å²) in [5, 5.41) is 4.33. The Kier molecular flexibility index (Phi) is 4.50. The number of pyridine rings is 1. The molecule has 0 atom stereocenters. The molecule has 0 aliphatic carbocycles. The van der Waals surface area contributed by atoms with Crippen LogP contribution in [0.3, 0.4) is 0 Å². The number of fused-ring (bicyclic) bond motifs is 1. The van der Waals surface area contributed by atoms with Gasteiger partial charge in [-0.1, -0.05) is 42.5 Å². The molecule has 0 aliphatic heterocycles. The van der Waals surface area contributed by atoms with E-state index in [1.165, 1.54) is 10.1 Å². The predicted molar refractivity (Wildman–Crippen MR) is 112 cm³/mol. The van der Waals surface area contributed by atoms with Gasteiger partial charge in [0.2, 0.25) is 0 Å². The molecule has 0 saturated heterocycles. The molecular weight excluding hydrogens is 352 g/mol. The van der Waals surface area contributed by atoms with Gasteiger partial charge in [-0.05, 0) is 49.6 Å². The predicted octanol–water partition coefficient (Wildman–Crippen LogP) is 5.63. The van der Waals surface area contributed by atoms with Crippen LogP contribution in [-0.2, 0) is 5.54 Å². The van der Waals surface area contributed by atoms with E-state index >= 15 is 0 Å². The zero-order chi connectivity index (χ0) is 18.9. The number of nitrogens with zero attached hydrogens (tertiary/aromatic N) is 1. The van der Waals surface area contributed by atoms with E-state index in [0.717, 1.165) is 16.1 Å². The number of hydrogen-bond acceptors (Lipinski definition) is 3. The number of thiophene rings is 1. The van der Waals surface area contributed by atoms with Gasteiger partial charge in [-0.3, -0.25) is 9.78 Å². The molecule has 4 aromatic rings. The first-order valence-electron chi connectivity index (χ1n) is 8.86. The average molecular weight is 372 g/mol. The molecule has 1 N–H and O–H groups in total. The van der Waals surface area contributed by atoms with Crippen LogP contribution in [0.4, 0.5) is 0 Å². The molecule has 2 heterocycles. The van der Waals surface area contributed by atoms with E-state index < -0.39 is 5.54 Å². The summed E-state index contributed by atoms with van der Waals surface area (Å²) in [7, 11) is 0. The van der Waals surface area contributed by atoms with Gasteiger partial charge >= 0.3 is 0 Å². The maximum atomic E-state index is 13.1. The highest BCUT2D eigenvalue weighted by Crippen LogP contribution is 2.35. The van der Waals surface area contributed by atoms with Crippen molar-refractivity contribution in [3.8, 4) is 10.4 Å². The average Bonchev–Trinajstić information content (AvgIpc) is 3.12. The van der Waals surface area contributed by atoms with Crippen LogP contribution in [0.1, 0.15) is 29.9 Å². The van der Waals surface area contributed by atoms with E-state index in [1.807, 2.05) is 68.4 Å². The zero-order valence-corrected chi connectivity index (χ0v) is 16.1. The fraction of sp³-hybridized carbons (Fsp3) is 0.130. The van der Waals surface area contributed by atoms with Crippen molar-refractivity contribution in [1.82, 2.24) is 10.3 Å². The number of carbonyl (C=O) groups excluding carboxylic acids is 1. The van der Waals surface area contributed by atoms with Gasteiger partial charge in [0, 0.05) is 26.9 Å². The molecule has 0 bridgehead atoms. The number of hydrogen-bond donors (Lipinski definition) is 1. The van der Waals surface area contributed by atoms with Crippen molar-refractivity contribution in [2.75, 3.05) is 0 Å². The monoisotopic (exact) mass is 372 g/mol. The Morgan fingerprint density at radius 2 is 1.70 bits per heavy atom. The van der Waals surface area contributed by atoms with Gasteiger partial charge < -0.3 is 5.32 Å². The Labute approximate surface area is 162 Å². The fourth-order valence-corrected chi connectivity index (χ4v) is 4.26. The zero-order valence-electron chi connectivity index (χ0n) is 15.3. The molecule has 2 aromatic heterocycles. The van der Waals surface area contributed by atoms with Gasteiger partial charge in [0.15, 0.2) is 0 Å². The number of amides is 1. The second-order valence-corrected chi connectivity index (χ2v) is 8.07. The minimum Gasteiger partial charge on any atom is -0.341 e. The molecule has 2 aromatic carbocycles. The van der Waals surface area contributed by atoms with E-state index in [-0.39, 0.29) is 5.91 Å². The molecule has 0 radical (unpaired) electrons. The molecule has 134 valence electrons. The summed E-state index contributed by atoms with van der Waals surface area (Å²) in [6, 6.07) is 23.9. The van der Waals surface area contributed by atoms with Gasteiger partial charge in [0.05, 0.1) is 11.2 Å². The Hall–Kier alpha value is -2.98. The van der Waals surface area contributed by atoms with Crippen LogP contribution in [0.2, 0.25) is 0 Å². The quantitative estimate of drug-likeness (QED) is 0.504. The topological polar surface area (TPSA) is 42.0 Å². The van der Waals surface area contributed by atoms with E-state index in [0.29, 0.717) is 5.56 Å². The molecule has 4 heteroatoms. The van der Waals surface area contributed by atoms with Crippen LogP contribution >= 0.6 is 11.3 Å². The summed E-state index contributed by atoms with van der Waals surface area (Å²) in [5.74, 6) is -0.0984. The lowest BCUT2D eigenvalue weighted by Crippen LogP contribution is -2.41. The lowest BCUT2D eigenvalue weighted by atomic mass is 9.98. The molecule has 1 amide bonds. The normalized spacial score (nSPS) is 11.5. The van der Waals surface area contributed by atoms with Crippen molar-refractivity contribution in [3.05, 3.63) is 90.3 Å². The molecule has 4 rings (SSSR count). The van der Waals surface area contributed by atoms with E-state index in [9.17, 15) is 4.79 Å². The first kappa shape index (κ1) is 17.4. The van der Waals surface area contributed by atoms with Crippen molar-refractivity contribution < 1.29 is 4.79 Å². The van der Waals surface area contributed by atoms with Crippen molar-refractivity contribution in [2.45, 2.75) is 19.4 Å². The van der Waals surface area contributed by atoms with Crippen LogP contribution < -0.4 is 5.32 Å².